The molecule has 0 unspecified atom stereocenters. The maximum atomic E-state index is 12.7. The number of hydrogen-bond donors (Lipinski definition) is 1. The average molecular weight is 398 g/mol. The van der Waals surface area contributed by atoms with Gasteiger partial charge < -0.3 is 10.3 Å². The van der Waals surface area contributed by atoms with Crippen LogP contribution in [0.1, 0.15) is 30.7 Å². The van der Waals surface area contributed by atoms with Gasteiger partial charge in [-0.05, 0) is 42.7 Å². The van der Waals surface area contributed by atoms with Crippen molar-refractivity contribution in [3.63, 3.8) is 0 Å². The van der Waals surface area contributed by atoms with Crippen LogP contribution in [0.2, 0.25) is 0 Å². The number of piperidine rings is 1. The maximum Gasteiger partial charge on any atom is 0.243 e. The minimum atomic E-state index is -3.42. The third-order valence-electron chi connectivity index (χ3n) is 4.84. The Morgan fingerprint density at radius 3 is 2.50 bits per heavy atom. The van der Waals surface area contributed by atoms with Crippen molar-refractivity contribution in [3.8, 4) is 11.4 Å². The standard InChI is InChI=1S/C20H22N4O3S/c21-17-6-4-5-16(14-17)20-22-19(27-23-20)13-15-7-9-18(10-8-15)28(25,26)24-11-2-1-3-12-24/h4-10,14H,1-3,11-13,21H2. The van der Waals surface area contributed by atoms with E-state index in [1.165, 1.54) is 0 Å². The summed E-state index contributed by atoms with van der Waals surface area (Å²) in [4.78, 5) is 4.72. The largest absolute Gasteiger partial charge is 0.399 e. The number of rotatable bonds is 5. The molecule has 8 heteroatoms. The van der Waals surface area contributed by atoms with Gasteiger partial charge >= 0.3 is 0 Å². The second kappa shape index (κ2) is 7.73. The van der Waals surface area contributed by atoms with Crippen molar-refractivity contribution in [2.45, 2.75) is 30.6 Å². The molecule has 0 aliphatic carbocycles. The predicted molar refractivity (Wildman–Crippen MR) is 106 cm³/mol. The number of nitrogen functional groups attached to an aromatic ring is 1. The summed E-state index contributed by atoms with van der Waals surface area (Å²) in [6.45, 7) is 1.19. The van der Waals surface area contributed by atoms with E-state index in [2.05, 4.69) is 10.1 Å². The van der Waals surface area contributed by atoms with E-state index in [1.54, 1.807) is 40.7 Å². The summed E-state index contributed by atoms with van der Waals surface area (Å²) in [6.07, 6.45) is 3.36. The Morgan fingerprint density at radius 1 is 1.04 bits per heavy atom. The van der Waals surface area contributed by atoms with Gasteiger partial charge in [-0.3, -0.25) is 0 Å². The molecule has 7 nitrogen and oxygen atoms in total. The van der Waals surface area contributed by atoms with Gasteiger partial charge in [0, 0.05) is 24.3 Å². The van der Waals surface area contributed by atoms with Crippen LogP contribution in [0, 0.1) is 0 Å². The van der Waals surface area contributed by atoms with Gasteiger partial charge in [0.05, 0.1) is 11.3 Å². The van der Waals surface area contributed by atoms with Gasteiger partial charge in [-0.2, -0.15) is 9.29 Å². The number of hydrogen-bond acceptors (Lipinski definition) is 6. The molecule has 0 radical (unpaired) electrons. The molecule has 4 rings (SSSR count). The normalized spacial score (nSPS) is 15.6. The van der Waals surface area contributed by atoms with E-state index in [1.807, 2.05) is 12.1 Å². The fourth-order valence-corrected chi connectivity index (χ4v) is 4.85. The van der Waals surface area contributed by atoms with E-state index in [-0.39, 0.29) is 0 Å². The summed E-state index contributed by atoms with van der Waals surface area (Å²) >= 11 is 0. The van der Waals surface area contributed by atoms with Crippen molar-refractivity contribution in [1.29, 1.82) is 0 Å². The fraction of sp³-hybridized carbons (Fsp3) is 0.300. The average Bonchev–Trinajstić information content (AvgIpc) is 3.18. The molecule has 1 saturated heterocycles. The highest BCUT2D eigenvalue weighted by atomic mass is 32.2. The molecule has 0 saturated carbocycles. The first-order chi connectivity index (χ1) is 13.5. The first-order valence-corrected chi connectivity index (χ1v) is 10.7. The van der Waals surface area contributed by atoms with Crippen LogP contribution in [0.25, 0.3) is 11.4 Å². The molecular weight excluding hydrogens is 376 g/mol. The first-order valence-electron chi connectivity index (χ1n) is 9.30. The molecule has 0 amide bonds. The molecule has 1 fully saturated rings. The monoisotopic (exact) mass is 398 g/mol. The SMILES string of the molecule is Nc1cccc(-c2noc(Cc3ccc(S(=O)(=O)N4CCCCC4)cc3)n2)c1. The van der Waals surface area contributed by atoms with Crippen LogP contribution < -0.4 is 5.73 Å². The zero-order valence-electron chi connectivity index (χ0n) is 15.4. The number of anilines is 1. The topological polar surface area (TPSA) is 102 Å². The summed E-state index contributed by atoms with van der Waals surface area (Å²) in [5, 5.41) is 4.00. The third-order valence-corrected chi connectivity index (χ3v) is 6.76. The quantitative estimate of drug-likeness (QED) is 0.663. The molecule has 1 aromatic heterocycles. The molecule has 0 spiro atoms. The molecule has 2 heterocycles. The summed E-state index contributed by atoms with van der Waals surface area (Å²) in [5.74, 6) is 0.940. The van der Waals surface area contributed by atoms with E-state index in [0.717, 1.165) is 30.4 Å². The Morgan fingerprint density at radius 2 is 1.79 bits per heavy atom. The van der Waals surface area contributed by atoms with Gasteiger partial charge in [-0.15, -0.1) is 0 Å². The van der Waals surface area contributed by atoms with E-state index < -0.39 is 10.0 Å². The molecule has 28 heavy (non-hydrogen) atoms. The lowest BCUT2D eigenvalue weighted by Crippen LogP contribution is -2.35. The Kier molecular flexibility index (Phi) is 5.15. The highest BCUT2D eigenvalue weighted by Gasteiger charge is 2.25. The highest BCUT2D eigenvalue weighted by Crippen LogP contribution is 2.22. The van der Waals surface area contributed by atoms with E-state index in [0.29, 0.717) is 41.8 Å². The molecule has 1 aliphatic rings. The number of nitrogens with two attached hydrogens (primary N) is 1. The number of nitrogens with zero attached hydrogens (tertiary/aromatic N) is 3. The Hall–Kier alpha value is -2.71. The van der Waals surface area contributed by atoms with Crippen molar-refractivity contribution < 1.29 is 12.9 Å². The third kappa shape index (κ3) is 3.93. The Bertz CT molecular complexity index is 1060. The fourth-order valence-electron chi connectivity index (χ4n) is 3.33. The summed E-state index contributed by atoms with van der Waals surface area (Å²) in [5.41, 5.74) is 8.12. The van der Waals surface area contributed by atoms with Crippen molar-refractivity contribution in [1.82, 2.24) is 14.4 Å². The zero-order chi connectivity index (χ0) is 19.6. The molecule has 146 valence electrons. The number of aromatic nitrogens is 2. The summed E-state index contributed by atoms with van der Waals surface area (Å²) < 4.78 is 32.3. The van der Waals surface area contributed by atoms with Gasteiger partial charge in [-0.25, -0.2) is 8.42 Å². The Balaban J connectivity index is 1.48. The predicted octanol–water partition coefficient (Wildman–Crippen LogP) is 3.08. The van der Waals surface area contributed by atoms with Gasteiger partial charge in [-0.1, -0.05) is 35.8 Å². The van der Waals surface area contributed by atoms with E-state index in [4.69, 9.17) is 10.3 Å². The first kappa shape index (κ1) is 18.6. The van der Waals surface area contributed by atoms with E-state index in [9.17, 15) is 8.42 Å². The Labute approximate surface area is 164 Å². The van der Waals surface area contributed by atoms with Crippen LogP contribution in [-0.2, 0) is 16.4 Å². The van der Waals surface area contributed by atoms with Crippen molar-refractivity contribution in [3.05, 3.63) is 60.0 Å². The molecular formula is C20H22N4O3S. The summed E-state index contributed by atoms with van der Waals surface area (Å²) in [6, 6.07) is 14.2. The second-order valence-electron chi connectivity index (χ2n) is 6.92. The number of benzene rings is 2. The van der Waals surface area contributed by atoms with Crippen LogP contribution in [0.15, 0.2) is 57.9 Å². The van der Waals surface area contributed by atoms with Crippen LogP contribution in [0.3, 0.4) is 0 Å². The summed E-state index contributed by atoms with van der Waals surface area (Å²) in [7, 11) is -3.42. The molecule has 2 N–H and O–H groups in total. The molecule has 0 bridgehead atoms. The molecule has 0 atom stereocenters. The second-order valence-corrected chi connectivity index (χ2v) is 8.86. The van der Waals surface area contributed by atoms with Crippen LogP contribution in [0.4, 0.5) is 5.69 Å². The van der Waals surface area contributed by atoms with Crippen LogP contribution in [-0.4, -0.2) is 36.0 Å². The smallest absolute Gasteiger partial charge is 0.243 e. The van der Waals surface area contributed by atoms with Gasteiger partial charge in [0.25, 0.3) is 0 Å². The van der Waals surface area contributed by atoms with Crippen molar-refractivity contribution in [2.75, 3.05) is 18.8 Å². The van der Waals surface area contributed by atoms with Crippen molar-refractivity contribution >= 4 is 15.7 Å². The molecule has 1 aliphatic heterocycles. The van der Waals surface area contributed by atoms with Gasteiger partial charge in [0.2, 0.25) is 21.7 Å². The van der Waals surface area contributed by atoms with Crippen LogP contribution in [0.5, 0.6) is 0 Å². The minimum absolute atomic E-state index is 0.323. The van der Waals surface area contributed by atoms with Crippen LogP contribution >= 0.6 is 0 Å². The van der Waals surface area contributed by atoms with Crippen molar-refractivity contribution in [2.24, 2.45) is 0 Å². The van der Waals surface area contributed by atoms with E-state index >= 15 is 0 Å². The lowest BCUT2D eigenvalue weighted by Gasteiger charge is -2.25. The molecule has 3 aromatic rings. The van der Waals surface area contributed by atoms with Gasteiger partial charge in [0.15, 0.2) is 0 Å². The minimum Gasteiger partial charge on any atom is -0.399 e. The maximum absolute atomic E-state index is 12.7. The number of sulfonamides is 1. The molecule has 2 aromatic carbocycles. The zero-order valence-corrected chi connectivity index (χ0v) is 16.2. The lowest BCUT2D eigenvalue weighted by atomic mass is 10.1. The van der Waals surface area contributed by atoms with Gasteiger partial charge in [0.1, 0.15) is 0 Å². The lowest BCUT2D eigenvalue weighted by molar-refractivity contribution is 0.346. The highest BCUT2D eigenvalue weighted by molar-refractivity contribution is 7.89.